The van der Waals surface area contributed by atoms with Crippen LogP contribution in [0, 0.1) is 0 Å². The fourth-order valence-electron chi connectivity index (χ4n) is 2.98. The van der Waals surface area contributed by atoms with E-state index < -0.39 is 11.7 Å². The zero-order chi connectivity index (χ0) is 18.4. The third kappa shape index (κ3) is 5.47. The second-order valence-electron chi connectivity index (χ2n) is 6.26. The number of alkyl halides is 3. The van der Waals surface area contributed by atoms with Crippen LogP contribution in [0.1, 0.15) is 44.6 Å². The Morgan fingerprint density at radius 3 is 2.08 bits per heavy atom. The number of anilines is 1. The maximum absolute atomic E-state index is 12.6. The first-order chi connectivity index (χ1) is 11.8. The average molecular weight is 356 g/mol. The monoisotopic (exact) mass is 356 g/mol. The molecule has 2 rings (SSSR count). The molecule has 1 aromatic rings. The van der Waals surface area contributed by atoms with Crippen LogP contribution in [0.4, 0.5) is 18.9 Å². The van der Waals surface area contributed by atoms with Gasteiger partial charge in [0, 0.05) is 38.7 Å². The quantitative estimate of drug-likeness (QED) is 0.822. The van der Waals surface area contributed by atoms with Crippen LogP contribution in [-0.2, 0) is 15.8 Å². The summed E-state index contributed by atoms with van der Waals surface area (Å²) < 4.78 is 37.9. The van der Waals surface area contributed by atoms with Crippen molar-refractivity contribution in [1.29, 1.82) is 0 Å². The molecule has 1 saturated heterocycles. The molecule has 0 atom stereocenters. The molecule has 2 amide bonds. The summed E-state index contributed by atoms with van der Waals surface area (Å²) in [7, 11) is 0. The second kappa shape index (κ2) is 8.36. The number of benzene rings is 1. The SMILES string of the molecule is CC(=O)N(CCC(=O)N1CCCCCC1)c1ccc(C(F)(F)F)cc1. The summed E-state index contributed by atoms with van der Waals surface area (Å²) in [5.41, 5.74) is -0.399. The van der Waals surface area contributed by atoms with Crippen molar-refractivity contribution in [3.63, 3.8) is 0 Å². The molecule has 1 heterocycles. The summed E-state index contributed by atoms with van der Waals surface area (Å²) in [6, 6.07) is 4.42. The number of nitrogens with zero attached hydrogens (tertiary/aromatic N) is 2. The first-order valence-corrected chi connectivity index (χ1v) is 8.52. The lowest BCUT2D eigenvalue weighted by Crippen LogP contribution is -2.36. The van der Waals surface area contributed by atoms with Crippen LogP contribution in [0.2, 0.25) is 0 Å². The number of rotatable bonds is 4. The van der Waals surface area contributed by atoms with Gasteiger partial charge in [0.05, 0.1) is 5.56 Å². The first kappa shape index (κ1) is 19.3. The van der Waals surface area contributed by atoms with Crippen LogP contribution in [0.25, 0.3) is 0 Å². The smallest absolute Gasteiger partial charge is 0.343 e. The number of carbonyl (C=O) groups is 2. The number of likely N-dealkylation sites (tertiary alicyclic amines) is 1. The van der Waals surface area contributed by atoms with Crippen molar-refractivity contribution >= 4 is 17.5 Å². The topological polar surface area (TPSA) is 40.6 Å². The van der Waals surface area contributed by atoms with E-state index >= 15 is 0 Å². The average Bonchev–Trinajstić information content (AvgIpc) is 2.83. The van der Waals surface area contributed by atoms with Crippen molar-refractivity contribution in [2.75, 3.05) is 24.5 Å². The van der Waals surface area contributed by atoms with Gasteiger partial charge >= 0.3 is 6.18 Å². The first-order valence-electron chi connectivity index (χ1n) is 8.52. The Hall–Kier alpha value is -2.05. The van der Waals surface area contributed by atoms with E-state index in [-0.39, 0.29) is 24.8 Å². The number of amides is 2. The zero-order valence-corrected chi connectivity index (χ0v) is 14.3. The van der Waals surface area contributed by atoms with Crippen molar-refractivity contribution in [3.8, 4) is 0 Å². The summed E-state index contributed by atoms with van der Waals surface area (Å²) in [5, 5.41) is 0. The molecule has 1 fully saturated rings. The van der Waals surface area contributed by atoms with Crippen LogP contribution in [0.15, 0.2) is 24.3 Å². The Bertz CT molecular complexity index is 591. The Labute approximate surface area is 145 Å². The third-order valence-electron chi connectivity index (χ3n) is 4.39. The Morgan fingerprint density at radius 1 is 1.04 bits per heavy atom. The van der Waals surface area contributed by atoms with Gasteiger partial charge in [-0.3, -0.25) is 9.59 Å². The Balaban J connectivity index is 2.01. The second-order valence-corrected chi connectivity index (χ2v) is 6.26. The zero-order valence-electron chi connectivity index (χ0n) is 14.3. The molecule has 0 saturated carbocycles. The summed E-state index contributed by atoms with van der Waals surface area (Å²) >= 11 is 0. The van der Waals surface area contributed by atoms with E-state index in [1.165, 1.54) is 24.0 Å². The molecule has 138 valence electrons. The minimum Gasteiger partial charge on any atom is -0.343 e. The predicted octanol–water partition coefficient (Wildman–Crippen LogP) is 3.85. The minimum atomic E-state index is -4.41. The maximum Gasteiger partial charge on any atom is 0.416 e. The van der Waals surface area contributed by atoms with E-state index in [1.54, 1.807) is 0 Å². The Morgan fingerprint density at radius 2 is 1.60 bits per heavy atom. The van der Waals surface area contributed by atoms with Crippen LogP contribution in [0.5, 0.6) is 0 Å². The summed E-state index contributed by atoms with van der Waals surface area (Å²) in [6.07, 6.45) is -0.0329. The lowest BCUT2D eigenvalue weighted by molar-refractivity contribution is -0.137. The molecule has 0 aromatic heterocycles. The molecule has 1 aromatic carbocycles. The van der Waals surface area contributed by atoms with Gasteiger partial charge in [0.2, 0.25) is 11.8 Å². The molecule has 0 unspecified atom stereocenters. The molecule has 4 nitrogen and oxygen atoms in total. The molecular formula is C18H23F3N2O2. The van der Waals surface area contributed by atoms with E-state index in [4.69, 9.17) is 0 Å². The normalized spacial score (nSPS) is 15.6. The minimum absolute atomic E-state index is 0.0138. The fourth-order valence-corrected chi connectivity index (χ4v) is 2.98. The lowest BCUT2D eigenvalue weighted by Gasteiger charge is -2.24. The number of hydrogen-bond acceptors (Lipinski definition) is 2. The van der Waals surface area contributed by atoms with Crippen LogP contribution >= 0.6 is 0 Å². The van der Waals surface area contributed by atoms with E-state index in [0.717, 1.165) is 50.9 Å². The van der Waals surface area contributed by atoms with E-state index in [1.807, 2.05) is 4.90 Å². The van der Waals surface area contributed by atoms with Crippen molar-refractivity contribution in [1.82, 2.24) is 4.90 Å². The van der Waals surface area contributed by atoms with Gasteiger partial charge in [-0.2, -0.15) is 13.2 Å². The highest BCUT2D eigenvalue weighted by molar-refractivity contribution is 5.92. The molecular weight excluding hydrogens is 333 g/mol. The van der Waals surface area contributed by atoms with Crippen molar-refractivity contribution in [2.45, 2.75) is 45.2 Å². The molecule has 0 radical (unpaired) electrons. The number of carbonyl (C=O) groups excluding carboxylic acids is 2. The standard InChI is InChI=1S/C18H23F3N2O2/c1-14(24)23(16-8-6-15(7-9-16)18(19,20)21)13-10-17(25)22-11-4-2-3-5-12-22/h6-9H,2-5,10-13H2,1H3. The predicted molar refractivity (Wildman–Crippen MR) is 89.1 cm³/mol. The van der Waals surface area contributed by atoms with Gasteiger partial charge < -0.3 is 9.80 Å². The van der Waals surface area contributed by atoms with Crippen LogP contribution in [-0.4, -0.2) is 36.3 Å². The van der Waals surface area contributed by atoms with E-state index in [9.17, 15) is 22.8 Å². The highest BCUT2D eigenvalue weighted by Crippen LogP contribution is 2.30. The molecule has 7 heteroatoms. The largest absolute Gasteiger partial charge is 0.416 e. The van der Waals surface area contributed by atoms with Gasteiger partial charge in [-0.1, -0.05) is 12.8 Å². The maximum atomic E-state index is 12.6. The number of halogens is 3. The van der Waals surface area contributed by atoms with Gasteiger partial charge in [0.15, 0.2) is 0 Å². The highest BCUT2D eigenvalue weighted by atomic mass is 19.4. The molecule has 1 aliphatic heterocycles. The fraction of sp³-hybridized carbons (Fsp3) is 0.556. The molecule has 0 spiro atoms. The molecule has 0 N–H and O–H groups in total. The Kier molecular flexibility index (Phi) is 6.45. The van der Waals surface area contributed by atoms with Crippen LogP contribution in [0.3, 0.4) is 0 Å². The summed E-state index contributed by atoms with van der Waals surface area (Å²) in [4.78, 5) is 27.3. The van der Waals surface area contributed by atoms with Gasteiger partial charge in [-0.25, -0.2) is 0 Å². The molecule has 0 aliphatic carbocycles. The summed E-state index contributed by atoms with van der Waals surface area (Å²) in [5.74, 6) is -0.316. The van der Waals surface area contributed by atoms with Crippen molar-refractivity contribution in [3.05, 3.63) is 29.8 Å². The molecule has 0 bridgehead atoms. The summed E-state index contributed by atoms with van der Waals surface area (Å²) in [6.45, 7) is 2.97. The van der Waals surface area contributed by atoms with Gasteiger partial charge in [0.25, 0.3) is 0 Å². The van der Waals surface area contributed by atoms with Crippen molar-refractivity contribution < 1.29 is 22.8 Å². The van der Waals surface area contributed by atoms with Crippen molar-refractivity contribution in [2.24, 2.45) is 0 Å². The van der Waals surface area contributed by atoms with E-state index in [0.29, 0.717) is 5.69 Å². The number of hydrogen-bond donors (Lipinski definition) is 0. The third-order valence-corrected chi connectivity index (χ3v) is 4.39. The van der Waals surface area contributed by atoms with Gasteiger partial charge in [-0.15, -0.1) is 0 Å². The molecule has 1 aliphatic rings. The van der Waals surface area contributed by atoms with Crippen LogP contribution < -0.4 is 4.90 Å². The van der Waals surface area contributed by atoms with E-state index in [2.05, 4.69) is 0 Å². The highest BCUT2D eigenvalue weighted by Gasteiger charge is 2.30. The lowest BCUT2D eigenvalue weighted by atomic mass is 10.2. The van der Waals surface area contributed by atoms with Gasteiger partial charge in [0.1, 0.15) is 0 Å². The molecule has 25 heavy (non-hydrogen) atoms. The van der Waals surface area contributed by atoms with Gasteiger partial charge in [-0.05, 0) is 37.1 Å².